The van der Waals surface area contributed by atoms with Crippen molar-refractivity contribution in [3.8, 4) is 5.69 Å². The summed E-state index contributed by atoms with van der Waals surface area (Å²) in [6.07, 6.45) is 7.08. The van der Waals surface area contributed by atoms with Crippen molar-refractivity contribution in [2.24, 2.45) is 11.7 Å². The number of anilines is 1. The Morgan fingerprint density at radius 3 is 2.52 bits per heavy atom. The van der Waals surface area contributed by atoms with E-state index in [1.165, 1.54) is 29.2 Å². The second kappa shape index (κ2) is 12.8. The van der Waals surface area contributed by atoms with Gasteiger partial charge in [0.05, 0.1) is 11.3 Å². The number of likely N-dealkylation sites (tertiary alicyclic amines) is 2. The minimum atomic E-state index is -1.05. The van der Waals surface area contributed by atoms with Crippen LogP contribution in [0.1, 0.15) is 42.1 Å². The number of nitrogens with one attached hydrogen (secondary N) is 1. The van der Waals surface area contributed by atoms with Gasteiger partial charge in [-0.25, -0.2) is 4.79 Å². The van der Waals surface area contributed by atoms with E-state index in [1.807, 2.05) is 6.92 Å². The molecule has 2 saturated heterocycles. The Bertz CT molecular complexity index is 1450. The van der Waals surface area contributed by atoms with Crippen molar-refractivity contribution < 1.29 is 19.5 Å². The van der Waals surface area contributed by atoms with Gasteiger partial charge in [-0.05, 0) is 97.2 Å². The summed E-state index contributed by atoms with van der Waals surface area (Å²) < 4.78 is 1.48. The average Bonchev–Trinajstić information content (AvgIpc) is 3.51. The molecular formula is C29H33ClN8O4. The van der Waals surface area contributed by atoms with Crippen LogP contribution in [0.15, 0.2) is 54.9 Å². The molecule has 3 atom stereocenters. The lowest BCUT2D eigenvalue weighted by Crippen LogP contribution is -2.61. The molecule has 2 fully saturated rings. The van der Waals surface area contributed by atoms with Crippen LogP contribution >= 0.6 is 11.6 Å². The number of rotatable bonds is 7. The van der Waals surface area contributed by atoms with E-state index in [4.69, 9.17) is 17.3 Å². The zero-order valence-corrected chi connectivity index (χ0v) is 23.9. The summed E-state index contributed by atoms with van der Waals surface area (Å²) in [4.78, 5) is 42.7. The molecule has 4 N–H and O–H groups in total. The highest BCUT2D eigenvalue weighted by Gasteiger charge is 2.42. The summed E-state index contributed by atoms with van der Waals surface area (Å²) in [6, 6.07) is 10.7. The fourth-order valence-corrected chi connectivity index (χ4v) is 5.95. The van der Waals surface area contributed by atoms with E-state index in [2.05, 4.69) is 25.7 Å². The molecule has 0 aliphatic carbocycles. The number of piperidine rings is 2. The first-order valence-electron chi connectivity index (χ1n) is 13.8. The SMILES string of the molecule is CC1CC(N2CCC(N)CC2)CN(C(=O)/C=C/c2cc(Cl)ccc2-n2cnnn2)C1C(=O)Nc1ccc(C(=O)O)cc1. The van der Waals surface area contributed by atoms with Crippen molar-refractivity contribution in [3.63, 3.8) is 0 Å². The lowest BCUT2D eigenvalue weighted by Gasteiger charge is -2.47. The summed E-state index contributed by atoms with van der Waals surface area (Å²) in [5, 5.41) is 23.9. The molecule has 220 valence electrons. The van der Waals surface area contributed by atoms with Gasteiger partial charge in [0.2, 0.25) is 11.8 Å². The number of aromatic carboxylic acids is 1. The Hall–Kier alpha value is -4.13. The standard InChI is InChI=1S/C29H33ClN8O4/c1-18-14-24(36-12-10-22(31)11-13-36)16-37(27(18)28(40)33-23-6-2-19(3-7-23)29(41)42)26(39)9-4-20-15-21(30)5-8-25(20)38-17-32-34-35-38/h2-9,15,17-18,22,24,27H,10-14,16,31H2,1H3,(H,33,40)(H,41,42)/b9-4+. The smallest absolute Gasteiger partial charge is 0.335 e. The molecule has 0 spiro atoms. The molecule has 0 saturated carbocycles. The molecule has 0 bridgehead atoms. The molecule has 2 aliphatic heterocycles. The Labute approximate surface area is 248 Å². The number of amides is 2. The van der Waals surface area contributed by atoms with E-state index in [0.29, 0.717) is 28.5 Å². The molecule has 2 aromatic carbocycles. The minimum absolute atomic E-state index is 0.0895. The lowest BCUT2D eigenvalue weighted by molar-refractivity contribution is -0.141. The van der Waals surface area contributed by atoms with Crippen LogP contribution in [0.4, 0.5) is 5.69 Å². The highest BCUT2D eigenvalue weighted by Crippen LogP contribution is 2.30. The number of carboxylic acid groups (broad SMARTS) is 1. The number of carbonyl (C=O) groups excluding carboxylic acids is 2. The van der Waals surface area contributed by atoms with Crippen LogP contribution in [-0.4, -0.2) is 90.7 Å². The molecule has 13 heteroatoms. The quantitative estimate of drug-likeness (QED) is 0.350. The van der Waals surface area contributed by atoms with E-state index in [9.17, 15) is 19.5 Å². The predicted octanol–water partition coefficient (Wildman–Crippen LogP) is 2.69. The predicted molar refractivity (Wildman–Crippen MR) is 157 cm³/mol. The number of hydrogen-bond donors (Lipinski definition) is 3. The summed E-state index contributed by atoms with van der Waals surface area (Å²) in [5.41, 5.74) is 7.98. The van der Waals surface area contributed by atoms with Gasteiger partial charge in [-0.15, -0.1) is 5.10 Å². The van der Waals surface area contributed by atoms with E-state index in [1.54, 1.807) is 41.3 Å². The zero-order valence-electron chi connectivity index (χ0n) is 23.1. The number of nitrogens with zero attached hydrogens (tertiary/aromatic N) is 6. The number of carbonyl (C=O) groups is 3. The monoisotopic (exact) mass is 592 g/mol. The largest absolute Gasteiger partial charge is 0.478 e. The van der Waals surface area contributed by atoms with E-state index in [0.717, 1.165) is 32.4 Å². The fraction of sp³-hybridized carbons (Fsp3) is 0.379. The molecule has 5 rings (SSSR count). The van der Waals surface area contributed by atoms with Crippen molar-refractivity contribution in [1.29, 1.82) is 0 Å². The number of tetrazole rings is 1. The van der Waals surface area contributed by atoms with Gasteiger partial charge in [0.1, 0.15) is 12.4 Å². The first-order chi connectivity index (χ1) is 20.2. The van der Waals surface area contributed by atoms with E-state index < -0.39 is 12.0 Å². The van der Waals surface area contributed by atoms with Crippen LogP contribution in [0.25, 0.3) is 11.8 Å². The Kier molecular flexibility index (Phi) is 8.95. The number of halogens is 1. The number of hydrogen-bond acceptors (Lipinski definition) is 8. The van der Waals surface area contributed by atoms with Gasteiger partial charge in [-0.3, -0.25) is 14.5 Å². The highest BCUT2D eigenvalue weighted by atomic mass is 35.5. The zero-order chi connectivity index (χ0) is 29.8. The summed E-state index contributed by atoms with van der Waals surface area (Å²) >= 11 is 6.26. The summed E-state index contributed by atoms with van der Waals surface area (Å²) in [7, 11) is 0. The first-order valence-corrected chi connectivity index (χ1v) is 14.2. The van der Waals surface area contributed by atoms with Gasteiger partial charge in [-0.1, -0.05) is 18.5 Å². The lowest BCUT2D eigenvalue weighted by atomic mass is 9.85. The van der Waals surface area contributed by atoms with Crippen LogP contribution in [0.2, 0.25) is 5.02 Å². The van der Waals surface area contributed by atoms with Gasteiger partial charge in [0, 0.05) is 41.0 Å². The number of benzene rings is 2. The molecule has 42 heavy (non-hydrogen) atoms. The van der Waals surface area contributed by atoms with Crippen molar-refractivity contribution >= 4 is 41.1 Å². The second-order valence-corrected chi connectivity index (χ2v) is 11.3. The average molecular weight is 593 g/mol. The molecule has 3 unspecified atom stereocenters. The molecule has 2 aliphatic rings. The third-order valence-corrected chi connectivity index (χ3v) is 8.19. The topological polar surface area (TPSA) is 160 Å². The second-order valence-electron chi connectivity index (χ2n) is 10.8. The van der Waals surface area contributed by atoms with Crippen molar-refractivity contribution in [2.45, 2.75) is 44.3 Å². The Balaban J connectivity index is 1.41. The van der Waals surface area contributed by atoms with Gasteiger partial charge < -0.3 is 21.1 Å². The fourth-order valence-electron chi connectivity index (χ4n) is 5.76. The van der Waals surface area contributed by atoms with Crippen molar-refractivity contribution in [3.05, 3.63) is 71.0 Å². The maximum absolute atomic E-state index is 13.8. The molecule has 0 radical (unpaired) electrons. The maximum atomic E-state index is 13.8. The van der Waals surface area contributed by atoms with Crippen molar-refractivity contribution in [2.75, 3.05) is 25.0 Å². The molecule has 3 aromatic rings. The first kappa shape index (κ1) is 29.4. The third-order valence-electron chi connectivity index (χ3n) is 7.96. The molecule has 12 nitrogen and oxygen atoms in total. The number of aromatic nitrogens is 4. The van der Waals surface area contributed by atoms with Gasteiger partial charge in [0.15, 0.2) is 0 Å². The maximum Gasteiger partial charge on any atom is 0.335 e. The molecule has 3 heterocycles. The Morgan fingerprint density at radius 1 is 1.12 bits per heavy atom. The highest BCUT2D eigenvalue weighted by molar-refractivity contribution is 6.30. The summed E-state index contributed by atoms with van der Waals surface area (Å²) in [6.45, 7) is 4.06. The third kappa shape index (κ3) is 6.67. The van der Waals surface area contributed by atoms with Crippen LogP contribution < -0.4 is 11.1 Å². The molecule has 1 aromatic heterocycles. The van der Waals surface area contributed by atoms with Gasteiger partial charge in [-0.2, -0.15) is 4.68 Å². The van der Waals surface area contributed by atoms with Gasteiger partial charge in [0.25, 0.3) is 0 Å². The van der Waals surface area contributed by atoms with E-state index >= 15 is 0 Å². The van der Waals surface area contributed by atoms with Crippen LogP contribution in [-0.2, 0) is 9.59 Å². The minimum Gasteiger partial charge on any atom is -0.478 e. The molecule has 2 amide bonds. The van der Waals surface area contributed by atoms with Gasteiger partial charge >= 0.3 is 5.97 Å². The Morgan fingerprint density at radius 2 is 1.86 bits per heavy atom. The summed E-state index contributed by atoms with van der Waals surface area (Å²) in [5.74, 6) is -1.84. The van der Waals surface area contributed by atoms with Crippen LogP contribution in [0, 0.1) is 5.92 Å². The van der Waals surface area contributed by atoms with Crippen LogP contribution in [0.3, 0.4) is 0 Å². The van der Waals surface area contributed by atoms with Crippen LogP contribution in [0.5, 0.6) is 0 Å². The molecular weight excluding hydrogens is 560 g/mol. The number of carboxylic acids is 1. The van der Waals surface area contributed by atoms with E-state index in [-0.39, 0.29) is 35.4 Å². The van der Waals surface area contributed by atoms with Crippen molar-refractivity contribution in [1.82, 2.24) is 30.0 Å². The number of nitrogens with two attached hydrogens (primary N) is 1. The normalized spacial score (nSPS) is 21.9.